The summed E-state index contributed by atoms with van der Waals surface area (Å²) in [6, 6.07) is 0. The molecule has 4 nitrogen and oxygen atoms in total. The molecule has 0 atom stereocenters. The monoisotopic (exact) mass is 256 g/mol. The number of aromatic nitrogens is 2. The van der Waals surface area contributed by atoms with Gasteiger partial charge in [-0.15, -0.1) is 0 Å². The zero-order valence-electron chi connectivity index (χ0n) is 7.91. The molecule has 1 aliphatic rings. The molecule has 0 aromatic carbocycles. The van der Waals surface area contributed by atoms with E-state index in [1.165, 1.54) is 0 Å². The van der Waals surface area contributed by atoms with Gasteiger partial charge in [-0.2, -0.15) is 0 Å². The van der Waals surface area contributed by atoms with Gasteiger partial charge in [-0.1, -0.05) is 0 Å². The summed E-state index contributed by atoms with van der Waals surface area (Å²) in [6.45, 7) is 5.15. The molecule has 0 bridgehead atoms. The molecule has 0 spiro atoms. The van der Waals surface area contributed by atoms with E-state index in [1.807, 2.05) is 0 Å². The molecule has 1 fully saturated rings. The summed E-state index contributed by atoms with van der Waals surface area (Å²) < 4.78 is 0.932. The van der Waals surface area contributed by atoms with E-state index in [-0.39, 0.29) is 0 Å². The van der Waals surface area contributed by atoms with Crippen molar-refractivity contribution in [3.63, 3.8) is 0 Å². The Labute approximate surface area is 91.9 Å². The number of nitrogens with zero attached hydrogens (tertiary/aromatic N) is 3. The van der Waals surface area contributed by atoms with Crippen molar-refractivity contribution in [2.24, 2.45) is 0 Å². The molecule has 1 aliphatic heterocycles. The maximum atomic E-state index is 4.25. The molecule has 1 aromatic rings. The molecular weight excluding hydrogens is 244 g/mol. The van der Waals surface area contributed by atoms with E-state index in [4.69, 9.17) is 0 Å². The summed E-state index contributed by atoms with van der Waals surface area (Å²) in [7, 11) is 0. The van der Waals surface area contributed by atoms with Gasteiger partial charge in [0.05, 0.1) is 11.0 Å². The lowest BCUT2D eigenvalue weighted by atomic mass is 10.3. The fourth-order valence-corrected chi connectivity index (χ4v) is 1.69. The number of halogens is 1. The molecule has 2 rings (SSSR count). The van der Waals surface area contributed by atoms with Crippen LogP contribution in [0.4, 0.5) is 0 Å². The molecule has 2 heterocycles. The van der Waals surface area contributed by atoms with Crippen molar-refractivity contribution in [3.05, 3.63) is 22.7 Å². The van der Waals surface area contributed by atoms with Gasteiger partial charge < -0.3 is 5.32 Å². The summed E-state index contributed by atoms with van der Waals surface area (Å²) in [5, 5.41) is 3.32. The highest BCUT2D eigenvalue weighted by Crippen LogP contribution is 2.06. The first-order chi connectivity index (χ1) is 6.84. The minimum absolute atomic E-state index is 0.856. The zero-order chi connectivity index (χ0) is 9.80. The van der Waals surface area contributed by atoms with Gasteiger partial charge in [0.25, 0.3) is 0 Å². The summed E-state index contributed by atoms with van der Waals surface area (Å²) in [5.41, 5.74) is 0. The van der Waals surface area contributed by atoms with Crippen molar-refractivity contribution < 1.29 is 0 Å². The Bertz CT molecular complexity index is 281. The number of nitrogens with one attached hydrogen (secondary N) is 1. The number of hydrogen-bond donors (Lipinski definition) is 1. The lowest BCUT2D eigenvalue weighted by Crippen LogP contribution is -2.43. The average Bonchev–Trinajstić information content (AvgIpc) is 2.23. The Hall–Kier alpha value is -0.520. The van der Waals surface area contributed by atoms with E-state index >= 15 is 0 Å². The van der Waals surface area contributed by atoms with Crippen LogP contribution in [-0.2, 0) is 6.54 Å². The SMILES string of the molecule is Brc1cnc(CN2CCNCC2)nc1. The van der Waals surface area contributed by atoms with Gasteiger partial charge in [0, 0.05) is 38.6 Å². The van der Waals surface area contributed by atoms with Gasteiger partial charge in [-0.05, 0) is 15.9 Å². The van der Waals surface area contributed by atoms with E-state index in [9.17, 15) is 0 Å². The third kappa shape index (κ3) is 2.73. The molecular formula is C9H13BrN4. The number of hydrogen-bond acceptors (Lipinski definition) is 4. The Kier molecular flexibility index (Phi) is 3.44. The molecule has 0 aliphatic carbocycles. The maximum Gasteiger partial charge on any atom is 0.142 e. The number of rotatable bonds is 2. The van der Waals surface area contributed by atoms with Gasteiger partial charge in [0.2, 0.25) is 0 Å². The molecule has 1 saturated heterocycles. The molecule has 76 valence electrons. The molecule has 14 heavy (non-hydrogen) atoms. The fourth-order valence-electron chi connectivity index (χ4n) is 1.49. The predicted molar refractivity (Wildman–Crippen MR) is 57.9 cm³/mol. The lowest BCUT2D eigenvalue weighted by Gasteiger charge is -2.26. The van der Waals surface area contributed by atoms with Gasteiger partial charge in [-0.25, -0.2) is 9.97 Å². The van der Waals surface area contributed by atoms with Crippen LogP contribution >= 0.6 is 15.9 Å². The number of piperazine rings is 1. The van der Waals surface area contributed by atoms with Crippen LogP contribution in [0.25, 0.3) is 0 Å². The first-order valence-electron chi connectivity index (χ1n) is 4.74. The molecule has 0 unspecified atom stereocenters. The molecule has 1 N–H and O–H groups in total. The minimum atomic E-state index is 0.856. The highest BCUT2D eigenvalue weighted by atomic mass is 79.9. The fraction of sp³-hybridized carbons (Fsp3) is 0.556. The van der Waals surface area contributed by atoms with Gasteiger partial charge in [0.1, 0.15) is 5.82 Å². The normalized spacial score (nSPS) is 18.4. The first kappa shape index (κ1) is 10.0. The van der Waals surface area contributed by atoms with Crippen LogP contribution in [0.1, 0.15) is 5.82 Å². The standard InChI is InChI=1S/C9H13BrN4/c10-8-5-12-9(13-6-8)7-14-3-1-11-2-4-14/h5-6,11H,1-4,7H2. The van der Waals surface area contributed by atoms with Crippen LogP contribution in [-0.4, -0.2) is 41.0 Å². The Balaban J connectivity index is 1.92. The van der Waals surface area contributed by atoms with Crippen LogP contribution in [0.15, 0.2) is 16.9 Å². The molecule has 5 heteroatoms. The molecule has 1 aromatic heterocycles. The maximum absolute atomic E-state index is 4.25. The largest absolute Gasteiger partial charge is 0.314 e. The second-order valence-electron chi connectivity index (χ2n) is 3.34. The van der Waals surface area contributed by atoms with E-state index in [2.05, 4.69) is 36.1 Å². The molecule has 0 amide bonds. The van der Waals surface area contributed by atoms with Crippen LogP contribution in [0.3, 0.4) is 0 Å². The summed E-state index contributed by atoms with van der Waals surface area (Å²) in [6.07, 6.45) is 3.59. The van der Waals surface area contributed by atoms with Crippen molar-refractivity contribution in [3.8, 4) is 0 Å². The van der Waals surface area contributed by atoms with E-state index in [0.29, 0.717) is 0 Å². The van der Waals surface area contributed by atoms with Crippen LogP contribution in [0.5, 0.6) is 0 Å². The summed E-state index contributed by atoms with van der Waals surface area (Å²) in [5.74, 6) is 0.898. The smallest absolute Gasteiger partial charge is 0.142 e. The lowest BCUT2D eigenvalue weighted by molar-refractivity contribution is 0.228. The quantitative estimate of drug-likeness (QED) is 0.844. The Morgan fingerprint density at radius 1 is 1.29 bits per heavy atom. The van der Waals surface area contributed by atoms with E-state index in [0.717, 1.165) is 43.0 Å². The predicted octanol–water partition coefficient (Wildman–Crippen LogP) is 0.644. The third-order valence-corrected chi connectivity index (χ3v) is 2.66. The van der Waals surface area contributed by atoms with Crippen molar-refractivity contribution in [2.45, 2.75) is 6.54 Å². The van der Waals surface area contributed by atoms with Gasteiger partial charge in [0.15, 0.2) is 0 Å². The topological polar surface area (TPSA) is 41.1 Å². The van der Waals surface area contributed by atoms with Crippen molar-refractivity contribution in [2.75, 3.05) is 26.2 Å². The third-order valence-electron chi connectivity index (χ3n) is 2.25. The summed E-state index contributed by atoms with van der Waals surface area (Å²) in [4.78, 5) is 10.9. The second-order valence-corrected chi connectivity index (χ2v) is 4.26. The van der Waals surface area contributed by atoms with Crippen molar-refractivity contribution >= 4 is 15.9 Å². The van der Waals surface area contributed by atoms with Gasteiger partial charge >= 0.3 is 0 Å². The average molecular weight is 257 g/mol. The van der Waals surface area contributed by atoms with E-state index in [1.54, 1.807) is 12.4 Å². The highest BCUT2D eigenvalue weighted by Gasteiger charge is 2.10. The minimum Gasteiger partial charge on any atom is -0.314 e. The molecule has 0 radical (unpaired) electrons. The Morgan fingerprint density at radius 3 is 2.57 bits per heavy atom. The van der Waals surface area contributed by atoms with Crippen molar-refractivity contribution in [1.29, 1.82) is 0 Å². The second kappa shape index (κ2) is 4.82. The van der Waals surface area contributed by atoms with Gasteiger partial charge in [-0.3, -0.25) is 4.90 Å². The Morgan fingerprint density at radius 2 is 1.93 bits per heavy atom. The van der Waals surface area contributed by atoms with Crippen LogP contribution in [0, 0.1) is 0 Å². The van der Waals surface area contributed by atoms with E-state index < -0.39 is 0 Å². The van der Waals surface area contributed by atoms with Crippen LogP contribution in [0.2, 0.25) is 0 Å². The highest BCUT2D eigenvalue weighted by molar-refractivity contribution is 9.10. The van der Waals surface area contributed by atoms with Crippen molar-refractivity contribution in [1.82, 2.24) is 20.2 Å². The zero-order valence-corrected chi connectivity index (χ0v) is 9.50. The first-order valence-corrected chi connectivity index (χ1v) is 5.53. The van der Waals surface area contributed by atoms with Crippen LogP contribution < -0.4 is 5.32 Å². The summed E-state index contributed by atoms with van der Waals surface area (Å²) >= 11 is 3.32. The molecule has 0 saturated carbocycles.